The molecule has 12 heteroatoms. The summed E-state index contributed by atoms with van der Waals surface area (Å²) in [7, 11) is -3.85. The predicted molar refractivity (Wildman–Crippen MR) is 132 cm³/mol. The number of halogens is 2. The summed E-state index contributed by atoms with van der Waals surface area (Å²) < 4.78 is 60.8. The molecule has 4 rings (SSSR count). The molecule has 1 fully saturated rings. The highest BCUT2D eigenvalue weighted by Crippen LogP contribution is 2.35. The molecule has 1 heterocycles. The van der Waals surface area contributed by atoms with Gasteiger partial charge in [-0.25, -0.2) is 22.2 Å². The number of anilines is 1. The van der Waals surface area contributed by atoms with E-state index in [1.165, 1.54) is 29.6 Å². The van der Waals surface area contributed by atoms with Crippen LogP contribution >= 0.6 is 11.3 Å². The van der Waals surface area contributed by atoms with Gasteiger partial charge in [0.1, 0.15) is 5.82 Å². The molecule has 8 nitrogen and oxygen atoms in total. The minimum absolute atomic E-state index is 0.00314. The van der Waals surface area contributed by atoms with Crippen LogP contribution < -0.4 is 10.1 Å². The molecule has 0 spiro atoms. The quantitative estimate of drug-likeness (QED) is 0.388. The van der Waals surface area contributed by atoms with E-state index in [9.17, 15) is 26.8 Å². The van der Waals surface area contributed by atoms with E-state index in [-0.39, 0.29) is 27.7 Å². The third-order valence-electron chi connectivity index (χ3n) is 5.99. The van der Waals surface area contributed by atoms with Crippen molar-refractivity contribution in [3.63, 3.8) is 0 Å². The lowest BCUT2D eigenvalue weighted by molar-refractivity contribution is -0.136. The molecular formula is C25H24F2N2O6S2. The van der Waals surface area contributed by atoms with Crippen LogP contribution in [0.2, 0.25) is 0 Å². The second kappa shape index (κ2) is 11.3. The van der Waals surface area contributed by atoms with Crippen molar-refractivity contribution < 1.29 is 36.6 Å². The molecule has 0 bridgehead atoms. The Kier molecular flexibility index (Phi) is 8.18. The minimum atomic E-state index is -3.85. The van der Waals surface area contributed by atoms with Crippen molar-refractivity contribution >= 4 is 38.2 Å². The van der Waals surface area contributed by atoms with Crippen molar-refractivity contribution in [3.05, 3.63) is 70.7 Å². The number of hydrogen-bond acceptors (Lipinski definition) is 7. The van der Waals surface area contributed by atoms with Crippen LogP contribution in [0.15, 0.2) is 52.7 Å². The van der Waals surface area contributed by atoms with Crippen LogP contribution in [0.1, 0.15) is 49.5 Å². The molecule has 1 aliphatic carbocycles. The first-order valence-corrected chi connectivity index (χ1v) is 14.0. The topological polar surface area (TPSA) is 123 Å². The highest BCUT2D eigenvalue weighted by Gasteiger charge is 2.35. The van der Waals surface area contributed by atoms with E-state index < -0.39 is 50.5 Å². The number of carbonyl (C=O) groups is 2. The van der Waals surface area contributed by atoms with Crippen molar-refractivity contribution in [2.75, 3.05) is 5.32 Å². The number of benzene rings is 2. The number of carboxylic acids is 1. The highest BCUT2D eigenvalue weighted by molar-refractivity contribution is 7.92. The molecule has 1 aliphatic rings. The number of nitrogens with one attached hydrogen (secondary N) is 1. The lowest BCUT2D eigenvalue weighted by atomic mass is 10.0. The standard InChI is InChI=1S/C25H24F2N2O6S2/c26-15-10-11-20(19(27)12-15)35-23(24(32)29-25-28-16(14-36-25)13-22(30)31)18-8-4-5-9-21(18)37(33,34)17-6-2-1-3-7-17/h4-5,8-12,14,17,23H,1-3,6-7,13H2,(H,30,31)(H,28,29,32). The van der Waals surface area contributed by atoms with E-state index in [1.54, 1.807) is 0 Å². The van der Waals surface area contributed by atoms with Gasteiger partial charge in [0.05, 0.1) is 22.3 Å². The normalized spacial score (nSPS) is 15.2. The summed E-state index contributed by atoms with van der Waals surface area (Å²) in [6, 6.07) is 8.43. The number of hydrogen-bond donors (Lipinski definition) is 2. The Balaban J connectivity index is 1.72. The molecule has 0 aliphatic heterocycles. The van der Waals surface area contributed by atoms with Gasteiger partial charge in [0.25, 0.3) is 5.91 Å². The number of nitrogens with zero attached hydrogens (tertiary/aromatic N) is 1. The number of ether oxygens (including phenoxy) is 1. The van der Waals surface area contributed by atoms with Crippen LogP contribution in [-0.2, 0) is 25.8 Å². The summed E-state index contributed by atoms with van der Waals surface area (Å²) in [5, 5.41) is 12.4. The Morgan fingerprint density at radius 3 is 2.57 bits per heavy atom. The van der Waals surface area contributed by atoms with E-state index in [0.29, 0.717) is 18.9 Å². The maximum atomic E-state index is 14.5. The van der Waals surface area contributed by atoms with Crippen LogP contribution in [-0.4, -0.2) is 35.6 Å². The molecule has 3 aromatic rings. The molecular weight excluding hydrogens is 526 g/mol. The zero-order valence-electron chi connectivity index (χ0n) is 19.5. The summed E-state index contributed by atoms with van der Waals surface area (Å²) >= 11 is 0.972. The van der Waals surface area contributed by atoms with Gasteiger partial charge in [-0.05, 0) is 31.0 Å². The largest absolute Gasteiger partial charge is 0.481 e. The Morgan fingerprint density at radius 1 is 1.14 bits per heavy atom. The van der Waals surface area contributed by atoms with E-state index in [4.69, 9.17) is 9.84 Å². The highest BCUT2D eigenvalue weighted by atomic mass is 32.2. The first-order chi connectivity index (χ1) is 17.6. The van der Waals surface area contributed by atoms with Crippen molar-refractivity contribution in [2.45, 2.75) is 54.8 Å². The summed E-state index contributed by atoms with van der Waals surface area (Å²) in [5.41, 5.74) is 0.215. The lowest BCUT2D eigenvalue weighted by Gasteiger charge is -2.25. The molecule has 2 aromatic carbocycles. The van der Waals surface area contributed by atoms with Gasteiger partial charge in [0.2, 0.25) is 6.10 Å². The van der Waals surface area contributed by atoms with Gasteiger partial charge in [-0.15, -0.1) is 11.3 Å². The third-order valence-corrected chi connectivity index (χ3v) is 9.13. The average molecular weight is 551 g/mol. The molecule has 0 saturated heterocycles. The number of aliphatic carboxylic acids is 1. The number of carboxylic acid groups (broad SMARTS) is 1. The number of sulfone groups is 1. The van der Waals surface area contributed by atoms with Crippen molar-refractivity contribution in [1.82, 2.24) is 4.98 Å². The average Bonchev–Trinajstić information content (AvgIpc) is 3.30. The van der Waals surface area contributed by atoms with Crippen LogP contribution in [0, 0.1) is 11.6 Å². The Labute approximate surface area is 216 Å². The maximum Gasteiger partial charge on any atom is 0.309 e. The zero-order chi connectivity index (χ0) is 26.6. The second-order valence-electron chi connectivity index (χ2n) is 8.62. The molecule has 37 heavy (non-hydrogen) atoms. The van der Waals surface area contributed by atoms with Crippen molar-refractivity contribution in [1.29, 1.82) is 0 Å². The fourth-order valence-electron chi connectivity index (χ4n) is 4.24. The number of rotatable bonds is 9. The van der Waals surface area contributed by atoms with Crippen LogP contribution in [0.3, 0.4) is 0 Å². The maximum absolute atomic E-state index is 14.5. The van der Waals surface area contributed by atoms with E-state index in [2.05, 4.69) is 10.3 Å². The third kappa shape index (κ3) is 6.31. The van der Waals surface area contributed by atoms with Gasteiger partial charge in [-0.3, -0.25) is 14.9 Å². The lowest BCUT2D eigenvalue weighted by Crippen LogP contribution is -2.30. The first kappa shape index (κ1) is 26.7. The summed E-state index contributed by atoms with van der Waals surface area (Å²) in [4.78, 5) is 28.3. The minimum Gasteiger partial charge on any atom is -0.481 e. The van der Waals surface area contributed by atoms with Crippen LogP contribution in [0.5, 0.6) is 5.75 Å². The summed E-state index contributed by atoms with van der Waals surface area (Å²) in [6.07, 6.45) is 1.49. The predicted octanol–water partition coefficient (Wildman–Crippen LogP) is 4.91. The summed E-state index contributed by atoms with van der Waals surface area (Å²) in [6.45, 7) is 0. The fourth-order valence-corrected chi connectivity index (χ4v) is 7.04. The molecule has 1 aromatic heterocycles. The van der Waals surface area contributed by atoms with Gasteiger partial charge in [-0.1, -0.05) is 37.5 Å². The van der Waals surface area contributed by atoms with E-state index in [0.717, 1.165) is 42.7 Å². The number of thiazole rings is 1. The van der Waals surface area contributed by atoms with Gasteiger partial charge in [-0.2, -0.15) is 0 Å². The SMILES string of the molecule is O=C(O)Cc1csc(NC(=O)C(Oc2ccc(F)cc2F)c2ccccc2S(=O)(=O)C2CCCCC2)n1. The van der Waals surface area contributed by atoms with E-state index >= 15 is 0 Å². The molecule has 1 amide bonds. The van der Waals surface area contributed by atoms with E-state index in [1.807, 2.05) is 0 Å². The van der Waals surface area contributed by atoms with Gasteiger partial charge >= 0.3 is 5.97 Å². The smallest absolute Gasteiger partial charge is 0.309 e. The van der Waals surface area contributed by atoms with Crippen LogP contribution in [0.25, 0.3) is 0 Å². The molecule has 2 N–H and O–H groups in total. The fraction of sp³-hybridized carbons (Fsp3) is 0.320. The monoisotopic (exact) mass is 550 g/mol. The molecule has 1 saturated carbocycles. The second-order valence-corrected chi connectivity index (χ2v) is 11.7. The molecule has 1 unspecified atom stereocenters. The van der Waals surface area contributed by atoms with Crippen molar-refractivity contribution in [2.24, 2.45) is 0 Å². The first-order valence-electron chi connectivity index (χ1n) is 11.6. The number of amides is 1. The Hall–Kier alpha value is -3.38. The summed E-state index contributed by atoms with van der Waals surface area (Å²) in [5.74, 6) is -4.32. The van der Waals surface area contributed by atoms with Gasteiger partial charge < -0.3 is 9.84 Å². The molecule has 1 atom stereocenters. The Morgan fingerprint density at radius 2 is 1.86 bits per heavy atom. The molecule has 0 radical (unpaired) electrons. The number of aromatic nitrogens is 1. The van der Waals surface area contributed by atoms with Gasteiger partial charge in [0, 0.05) is 17.0 Å². The van der Waals surface area contributed by atoms with Gasteiger partial charge in [0.15, 0.2) is 26.5 Å². The number of carbonyl (C=O) groups excluding carboxylic acids is 1. The van der Waals surface area contributed by atoms with Crippen LogP contribution in [0.4, 0.5) is 13.9 Å². The van der Waals surface area contributed by atoms with Crippen molar-refractivity contribution in [3.8, 4) is 5.75 Å². The zero-order valence-corrected chi connectivity index (χ0v) is 21.2. The Bertz CT molecular complexity index is 1400. The molecule has 196 valence electrons.